The number of hydrogen-bond donors (Lipinski definition) is 4. The van der Waals surface area contributed by atoms with E-state index >= 15 is 0 Å². The van der Waals surface area contributed by atoms with Crippen LogP contribution < -0.4 is 5.32 Å². The summed E-state index contributed by atoms with van der Waals surface area (Å²) < 4.78 is 0. The molecule has 1 rings (SSSR count). The van der Waals surface area contributed by atoms with E-state index in [-0.39, 0.29) is 5.91 Å². The minimum atomic E-state index is -1.58. The molecule has 0 aromatic heterocycles. The Morgan fingerprint density at radius 1 is 1.44 bits per heavy atom. The average molecular weight is 256 g/mol. The largest absolute Gasteiger partial charge is 0.490 e. The summed E-state index contributed by atoms with van der Waals surface area (Å²) in [5.74, 6) is -4.41. The number of rotatable bonds is 5. The van der Waals surface area contributed by atoms with Gasteiger partial charge in [0.25, 0.3) is 5.78 Å². The molecule has 8 nitrogen and oxygen atoms in total. The average Bonchev–Trinajstić information content (AvgIpc) is 2.24. The van der Waals surface area contributed by atoms with Crippen LogP contribution in [0.3, 0.4) is 0 Å². The number of aliphatic hydroxyl groups excluding tert-OH is 1. The van der Waals surface area contributed by atoms with E-state index in [1.807, 2.05) is 0 Å². The third-order valence-corrected chi connectivity index (χ3v) is 3.02. The van der Waals surface area contributed by atoms with E-state index in [1.54, 1.807) is 0 Å². The lowest BCUT2D eigenvalue weighted by Gasteiger charge is -2.40. The first-order valence-electron chi connectivity index (χ1n) is 5.31. The Balaban J connectivity index is 2.86. The summed E-state index contributed by atoms with van der Waals surface area (Å²) in [6, 6.07) is -0.638. The van der Waals surface area contributed by atoms with Crippen molar-refractivity contribution in [1.29, 1.82) is 5.53 Å². The van der Waals surface area contributed by atoms with E-state index in [0.29, 0.717) is 0 Å². The van der Waals surface area contributed by atoms with E-state index in [4.69, 9.17) is 10.6 Å². The summed E-state index contributed by atoms with van der Waals surface area (Å²) in [6.07, 6.45) is -0.930. The van der Waals surface area contributed by atoms with Gasteiger partial charge in [-0.2, -0.15) is 0 Å². The number of nitrogens with one attached hydrogen (secondary N) is 2. The summed E-state index contributed by atoms with van der Waals surface area (Å²) in [5.41, 5.74) is 5.77. The second-order valence-corrected chi connectivity index (χ2v) is 4.22. The molecule has 0 saturated carbocycles. The van der Waals surface area contributed by atoms with Crippen molar-refractivity contribution in [2.45, 2.75) is 26.0 Å². The third kappa shape index (κ3) is 2.29. The van der Waals surface area contributed by atoms with Gasteiger partial charge in [0.1, 0.15) is 0 Å². The van der Waals surface area contributed by atoms with Crippen LogP contribution in [-0.2, 0) is 14.4 Å². The number of nitrogens with zero attached hydrogens (tertiary/aromatic N) is 1. The van der Waals surface area contributed by atoms with Gasteiger partial charge in [0.15, 0.2) is 0 Å². The summed E-state index contributed by atoms with van der Waals surface area (Å²) in [6.45, 7) is 2.85. The number of ketones is 1. The zero-order valence-electron chi connectivity index (χ0n) is 9.88. The molecular formula is C10H14N3O5+. The van der Waals surface area contributed by atoms with Gasteiger partial charge in [-0.1, -0.05) is 6.92 Å². The molecule has 1 aliphatic heterocycles. The number of carbonyl (C=O) groups is 3. The number of Topliss-reactive ketones (excluding diaryl/α,β-unsaturated/α-hetero) is 1. The summed E-state index contributed by atoms with van der Waals surface area (Å²) in [5, 5.41) is 20.5. The molecule has 8 heteroatoms. The van der Waals surface area contributed by atoms with Crippen LogP contribution in [0, 0.1) is 17.4 Å². The molecule has 0 spiro atoms. The van der Waals surface area contributed by atoms with Crippen LogP contribution in [0.2, 0.25) is 0 Å². The number of aliphatic hydroxyl groups is 1. The molecule has 1 heterocycles. The molecule has 4 unspecified atom stereocenters. The van der Waals surface area contributed by atoms with Crippen LogP contribution in [0.4, 0.5) is 0 Å². The molecule has 98 valence electrons. The normalized spacial score (nSPS) is 25.2. The number of hydrogen-bond acceptors (Lipinski definition) is 5. The molecule has 1 aliphatic rings. The molecule has 4 atom stereocenters. The van der Waals surface area contributed by atoms with E-state index in [2.05, 4.69) is 10.1 Å². The second-order valence-electron chi connectivity index (χ2n) is 4.22. The highest BCUT2D eigenvalue weighted by molar-refractivity contribution is 6.62. The Bertz CT molecular complexity index is 452. The van der Waals surface area contributed by atoms with Crippen molar-refractivity contribution in [2.75, 3.05) is 0 Å². The van der Waals surface area contributed by atoms with E-state index < -0.39 is 41.4 Å². The van der Waals surface area contributed by atoms with Crippen molar-refractivity contribution >= 4 is 23.4 Å². The molecule has 4 N–H and O–H groups in total. The zero-order valence-corrected chi connectivity index (χ0v) is 9.88. The lowest BCUT2D eigenvalue weighted by Crippen LogP contribution is -2.66. The van der Waals surface area contributed by atoms with Crippen LogP contribution in [0.15, 0.2) is 0 Å². The molecule has 1 amide bonds. The zero-order chi connectivity index (χ0) is 14.0. The highest BCUT2D eigenvalue weighted by atomic mass is 16.4. The Morgan fingerprint density at radius 2 is 2.00 bits per heavy atom. The Hall–Kier alpha value is -2.05. The highest BCUT2D eigenvalue weighted by Crippen LogP contribution is 2.26. The first-order valence-corrected chi connectivity index (χ1v) is 5.31. The minimum absolute atomic E-state index is 0.380. The Morgan fingerprint density at radius 3 is 2.33 bits per heavy atom. The number of β-lactam (4-membered cyclic amide) rings is 1. The third-order valence-electron chi connectivity index (χ3n) is 3.02. The fourth-order valence-electron chi connectivity index (χ4n) is 1.96. The predicted octanol–water partition coefficient (Wildman–Crippen LogP) is -1.55. The van der Waals surface area contributed by atoms with Crippen LogP contribution >= 0.6 is 0 Å². The fraction of sp³-hybridized carbons (Fsp3) is 0.600. The molecule has 0 aromatic rings. The molecule has 1 fully saturated rings. The molecule has 0 bridgehead atoms. The maximum atomic E-state index is 11.8. The smallest absolute Gasteiger partial charge is 0.472 e. The van der Waals surface area contributed by atoms with Gasteiger partial charge in [-0.25, -0.2) is 4.79 Å². The van der Waals surface area contributed by atoms with Gasteiger partial charge in [-0.3, -0.25) is 9.59 Å². The van der Waals surface area contributed by atoms with Gasteiger partial charge < -0.3 is 15.5 Å². The first kappa shape index (κ1) is 14.0. The Kier molecular flexibility index (Phi) is 3.95. The predicted molar refractivity (Wildman–Crippen MR) is 56.9 cm³/mol. The molecule has 18 heavy (non-hydrogen) atoms. The standard InChI is InChI=1S/C10H13N3O5/c1-3(8(15)7(13-11)10(17)18)6-5(4(2)14)9(16)12-6/h3-6,11,14H,1-2H3,(H-,12,16,17,18)/p+1. The maximum absolute atomic E-state index is 11.8. The highest BCUT2D eigenvalue weighted by Gasteiger charge is 2.50. The monoisotopic (exact) mass is 256 g/mol. The van der Waals surface area contributed by atoms with Gasteiger partial charge in [0.05, 0.1) is 28.4 Å². The lowest BCUT2D eigenvalue weighted by molar-refractivity contribution is -0.155. The van der Waals surface area contributed by atoms with Crippen molar-refractivity contribution in [3.05, 3.63) is 0 Å². The van der Waals surface area contributed by atoms with Crippen molar-refractivity contribution < 1.29 is 29.4 Å². The van der Waals surface area contributed by atoms with Gasteiger partial charge in [-0.15, -0.1) is 0 Å². The first-order chi connectivity index (χ1) is 8.31. The van der Waals surface area contributed by atoms with Crippen LogP contribution in [0.5, 0.6) is 0 Å². The molecular weight excluding hydrogens is 242 g/mol. The van der Waals surface area contributed by atoms with Gasteiger partial charge in [0, 0.05) is 5.92 Å². The second kappa shape index (κ2) is 5.07. The van der Waals surface area contributed by atoms with Crippen molar-refractivity contribution in [2.24, 2.45) is 11.8 Å². The quantitative estimate of drug-likeness (QED) is 0.155. The minimum Gasteiger partial charge on any atom is -0.472 e. The Labute approximate surface area is 102 Å². The van der Waals surface area contributed by atoms with Gasteiger partial charge in [0.2, 0.25) is 5.91 Å². The van der Waals surface area contributed by atoms with E-state index in [9.17, 15) is 19.5 Å². The summed E-state index contributed by atoms with van der Waals surface area (Å²) >= 11 is 0. The molecule has 1 saturated heterocycles. The van der Waals surface area contributed by atoms with E-state index in [0.717, 1.165) is 0 Å². The lowest BCUT2D eigenvalue weighted by atomic mass is 9.76. The fourth-order valence-corrected chi connectivity index (χ4v) is 1.96. The van der Waals surface area contributed by atoms with Gasteiger partial charge in [-0.05, 0) is 6.92 Å². The van der Waals surface area contributed by atoms with Crippen molar-refractivity contribution in [3.8, 4) is 0 Å². The number of carboxylic acid groups (broad SMARTS) is 1. The van der Waals surface area contributed by atoms with Crippen LogP contribution in [0.1, 0.15) is 13.8 Å². The SMILES string of the molecule is CC(O)C1C(=O)NC1C(C)C(=O)C(=[N+]=N)C(=O)O. The topological polar surface area (TPSA) is 142 Å². The summed E-state index contributed by atoms with van der Waals surface area (Å²) in [4.78, 5) is 36.3. The molecule has 0 radical (unpaired) electrons. The molecule has 0 aromatic carbocycles. The maximum Gasteiger partial charge on any atom is 0.490 e. The number of amides is 1. The van der Waals surface area contributed by atoms with Gasteiger partial charge >= 0.3 is 11.7 Å². The number of aliphatic carboxylic acids is 1. The summed E-state index contributed by atoms with van der Waals surface area (Å²) in [7, 11) is 0. The number of carboxylic acids is 1. The van der Waals surface area contributed by atoms with E-state index in [1.165, 1.54) is 13.8 Å². The van der Waals surface area contributed by atoms with Crippen molar-refractivity contribution in [3.63, 3.8) is 0 Å². The number of carbonyl (C=O) groups excluding carboxylic acids is 2. The molecule has 0 aliphatic carbocycles. The van der Waals surface area contributed by atoms with Crippen LogP contribution in [0.25, 0.3) is 0 Å². The van der Waals surface area contributed by atoms with Crippen LogP contribution in [-0.4, -0.2) is 50.5 Å². The van der Waals surface area contributed by atoms with Crippen molar-refractivity contribution in [1.82, 2.24) is 5.32 Å².